The van der Waals surface area contributed by atoms with Crippen LogP contribution in [0.1, 0.15) is 31.1 Å². The van der Waals surface area contributed by atoms with Crippen molar-refractivity contribution in [2.75, 3.05) is 0 Å². The first kappa shape index (κ1) is 16.7. The highest BCUT2D eigenvalue weighted by Crippen LogP contribution is 2.20. The van der Waals surface area contributed by atoms with Crippen molar-refractivity contribution in [3.63, 3.8) is 0 Å². The average Bonchev–Trinajstić information content (AvgIpc) is 2.43. The van der Waals surface area contributed by atoms with Crippen LogP contribution >= 0.6 is 0 Å². The molecule has 1 aromatic rings. The number of hydrogen-bond acceptors (Lipinski definition) is 6. The smallest absolute Gasteiger partial charge is 0.338 e. The molecule has 0 saturated heterocycles. The summed E-state index contributed by atoms with van der Waals surface area (Å²) >= 11 is 0. The van der Waals surface area contributed by atoms with Crippen molar-refractivity contribution < 1.29 is 29.0 Å². The van der Waals surface area contributed by atoms with Crippen LogP contribution in [0.3, 0.4) is 0 Å². The minimum Gasteiger partial charge on any atom is -0.447 e. The van der Waals surface area contributed by atoms with Gasteiger partial charge in [-0.2, -0.15) is 0 Å². The molecular formula is C15H16O6. The monoisotopic (exact) mass is 292 g/mol. The Labute approximate surface area is 121 Å². The highest BCUT2D eigenvalue weighted by molar-refractivity contribution is 6.13. The lowest BCUT2D eigenvalue weighted by molar-refractivity contribution is -0.166. The zero-order chi connectivity index (χ0) is 16.2. The number of aliphatic hydroxyl groups is 1. The maximum atomic E-state index is 11.9. The van der Waals surface area contributed by atoms with Gasteiger partial charge in [-0.25, -0.2) is 4.79 Å². The van der Waals surface area contributed by atoms with Gasteiger partial charge in [-0.15, -0.1) is 0 Å². The minimum absolute atomic E-state index is 0.137. The van der Waals surface area contributed by atoms with Crippen LogP contribution in [0, 0.1) is 0 Å². The molecule has 0 aliphatic heterocycles. The number of Topliss-reactive ketones (excluding diaryl/α,β-unsaturated/α-hetero) is 3. The third-order valence-corrected chi connectivity index (χ3v) is 3.06. The fraction of sp³-hybridized carbons (Fsp3) is 0.333. The third-order valence-electron chi connectivity index (χ3n) is 3.06. The second-order valence-electron chi connectivity index (χ2n) is 4.64. The first-order valence-corrected chi connectivity index (χ1v) is 6.22. The number of esters is 1. The van der Waals surface area contributed by atoms with E-state index in [2.05, 4.69) is 0 Å². The van der Waals surface area contributed by atoms with E-state index >= 15 is 0 Å². The zero-order valence-corrected chi connectivity index (χ0v) is 12.0. The zero-order valence-electron chi connectivity index (χ0n) is 12.0. The van der Waals surface area contributed by atoms with Crippen molar-refractivity contribution in [3.8, 4) is 0 Å². The molecule has 0 aromatic heterocycles. The summed E-state index contributed by atoms with van der Waals surface area (Å²) in [6.07, 6.45) is -1.87. The lowest BCUT2D eigenvalue weighted by atomic mass is 9.86. The molecule has 1 rings (SSSR count). The quantitative estimate of drug-likeness (QED) is 0.612. The molecule has 0 heterocycles. The lowest BCUT2D eigenvalue weighted by Gasteiger charge is -2.29. The normalized spacial score (nSPS) is 12.4. The first-order valence-electron chi connectivity index (χ1n) is 6.22. The summed E-state index contributed by atoms with van der Waals surface area (Å²) in [6, 6.07) is 7.74. The van der Waals surface area contributed by atoms with Crippen LogP contribution in [0.5, 0.6) is 0 Å². The fourth-order valence-electron chi connectivity index (χ4n) is 1.83. The number of rotatable bonds is 6. The second-order valence-corrected chi connectivity index (χ2v) is 4.64. The SMILES string of the molecule is CC(=O)C(OC(=O)c1ccccc1)C(O)(C(C)=O)C(C)=O. The largest absolute Gasteiger partial charge is 0.447 e. The van der Waals surface area contributed by atoms with Crippen LogP contribution in [0.25, 0.3) is 0 Å². The van der Waals surface area contributed by atoms with Gasteiger partial charge in [0.15, 0.2) is 17.3 Å². The van der Waals surface area contributed by atoms with Gasteiger partial charge in [0.05, 0.1) is 5.56 Å². The molecule has 0 saturated carbocycles. The highest BCUT2D eigenvalue weighted by atomic mass is 16.6. The molecule has 1 atom stereocenters. The maximum absolute atomic E-state index is 11.9. The predicted octanol–water partition coefficient (Wildman–Crippen LogP) is 0.710. The molecule has 1 N–H and O–H groups in total. The van der Waals surface area contributed by atoms with Crippen molar-refractivity contribution in [3.05, 3.63) is 35.9 Å². The van der Waals surface area contributed by atoms with E-state index in [0.717, 1.165) is 20.8 Å². The van der Waals surface area contributed by atoms with E-state index in [1.54, 1.807) is 18.2 Å². The van der Waals surface area contributed by atoms with Crippen LogP contribution in [0.4, 0.5) is 0 Å². The van der Waals surface area contributed by atoms with Crippen LogP contribution in [0.15, 0.2) is 30.3 Å². The molecule has 6 nitrogen and oxygen atoms in total. The number of benzene rings is 1. The Bertz CT molecular complexity index is 561. The van der Waals surface area contributed by atoms with Crippen molar-refractivity contribution in [1.29, 1.82) is 0 Å². The molecule has 0 bridgehead atoms. The van der Waals surface area contributed by atoms with Gasteiger partial charge in [-0.1, -0.05) is 18.2 Å². The second kappa shape index (κ2) is 6.41. The lowest BCUT2D eigenvalue weighted by Crippen LogP contribution is -2.58. The molecule has 112 valence electrons. The first-order chi connectivity index (χ1) is 9.71. The van der Waals surface area contributed by atoms with E-state index in [1.807, 2.05) is 0 Å². The van der Waals surface area contributed by atoms with Crippen molar-refractivity contribution in [1.82, 2.24) is 0 Å². The number of ketones is 3. The summed E-state index contributed by atoms with van der Waals surface area (Å²) in [4.78, 5) is 46.7. The topological polar surface area (TPSA) is 97.7 Å². The van der Waals surface area contributed by atoms with E-state index < -0.39 is 35.0 Å². The molecule has 0 spiro atoms. The Kier molecular flexibility index (Phi) is 5.10. The summed E-state index contributed by atoms with van der Waals surface area (Å²) in [7, 11) is 0. The number of hydrogen-bond donors (Lipinski definition) is 1. The molecule has 1 aromatic carbocycles. The molecule has 0 radical (unpaired) electrons. The van der Waals surface area contributed by atoms with E-state index in [9.17, 15) is 24.3 Å². The molecule has 21 heavy (non-hydrogen) atoms. The van der Waals surface area contributed by atoms with E-state index in [1.165, 1.54) is 12.1 Å². The summed E-state index contributed by atoms with van der Waals surface area (Å²) < 4.78 is 4.91. The third kappa shape index (κ3) is 3.41. The van der Waals surface area contributed by atoms with Crippen LogP contribution in [-0.4, -0.2) is 40.1 Å². The number of ether oxygens (including phenoxy) is 1. The molecule has 0 aliphatic carbocycles. The average molecular weight is 292 g/mol. The highest BCUT2D eigenvalue weighted by Gasteiger charge is 2.51. The van der Waals surface area contributed by atoms with Gasteiger partial charge in [0.1, 0.15) is 0 Å². The van der Waals surface area contributed by atoms with Crippen LogP contribution in [-0.2, 0) is 19.1 Å². The Balaban J connectivity index is 3.14. The predicted molar refractivity (Wildman–Crippen MR) is 72.6 cm³/mol. The van der Waals surface area contributed by atoms with Gasteiger partial charge in [-0.3, -0.25) is 14.4 Å². The van der Waals surface area contributed by atoms with Gasteiger partial charge >= 0.3 is 5.97 Å². The van der Waals surface area contributed by atoms with Gasteiger partial charge in [0.25, 0.3) is 0 Å². The Hall–Kier alpha value is -2.34. The maximum Gasteiger partial charge on any atom is 0.338 e. The van der Waals surface area contributed by atoms with Crippen molar-refractivity contribution in [2.24, 2.45) is 0 Å². The summed E-state index contributed by atoms with van der Waals surface area (Å²) in [5.74, 6) is -3.63. The van der Waals surface area contributed by atoms with Gasteiger partial charge in [0.2, 0.25) is 11.7 Å². The molecule has 0 aliphatic rings. The van der Waals surface area contributed by atoms with Gasteiger partial charge in [-0.05, 0) is 32.9 Å². The fourth-order valence-corrected chi connectivity index (χ4v) is 1.83. The summed E-state index contributed by atoms with van der Waals surface area (Å²) in [5, 5.41) is 10.2. The Morgan fingerprint density at radius 3 is 1.86 bits per heavy atom. The van der Waals surface area contributed by atoms with E-state index in [-0.39, 0.29) is 5.56 Å². The van der Waals surface area contributed by atoms with E-state index in [4.69, 9.17) is 4.74 Å². The summed E-state index contributed by atoms with van der Waals surface area (Å²) in [6.45, 7) is 2.93. The molecule has 6 heteroatoms. The molecule has 1 unspecified atom stereocenters. The van der Waals surface area contributed by atoms with Crippen molar-refractivity contribution >= 4 is 23.3 Å². The van der Waals surface area contributed by atoms with Crippen molar-refractivity contribution in [2.45, 2.75) is 32.5 Å². The molecular weight excluding hydrogens is 276 g/mol. The Morgan fingerprint density at radius 1 is 1.00 bits per heavy atom. The number of carbonyl (C=O) groups excluding carboxylic acids is 4. The summed E-state index contributed by atoms with van der Waals surface area (Å²) in [5.41, 5.74) is -2.53. The Morgan fingerprint density at radius 2 is 1.48 bits per heavy atom. The van der Waals surface area contributed by atoms with E-state index in [0.29, 0.717) is 0 Å². The van der Waals surface area contributed by atoms with Gasteiger partial charge in [0, 0.05) is 0 Å². The molecule has 0 fully saturated rings. The van der Waals surface area contributed by atoms with Crippen LogP contribution < -0.4 is 0 Å². The van der Waals surface area contributed by atoms with Gasteiger partial charge < -0.3 is 9.84 Å². The molecule has 0 amide bonds. The van der Waals surface area contributed by atoms with Crippen LogP contribution in [0.2, 0.25) is 0 Å². The minimum atomic E-state index is -2.67. The number of carbonyl (C=O) groups is 4. The standard InChI is InChI=1S/C15H16O6/c1-9(16)13(15(20,10(2)17)11(3)18)21-14(19)12-7-5-4-6-8-12/h4-8,13,20H,1-3H3.